The van der Waals surface area contributed by atoms with E-state index >= 15 is 0 Å². The Kier molecular flexibility index (Phi) is 7.39. The number of hydrogen-bond donors (Lipinski definition) is 1. The summed E-state index contributed by atoms with van der Waals surface area (Å²) in [5.41, 5.74) is 0.705. The van der Waals surface area contributed by atoms with E-state index in [0.29, 0.717) is 30.8 Å². The number of hydrogen-bond acceptors (Lipinski definition) is 4. The van der Waals surface area contributed by atoms with Gasteiger partial charge in [0.1, 0.15) is 17.7 Å². The molecule has 1 aromatic carbocycles. The largest absolute Gasteiger partial charge is 0.485 e. The molecule has 1 aromatic heterocycles. The Labute approximate surface area is 179 Å². The summed E-state index contributed by atoms with van der Waals surface area (Å²) in [6.45, 7) is 2.78. The van der Waals surface area contributed by atoms with Gasteiger partial charge in [0.15, 0.2) is 10.9 Å². The summed E-state index contributed by atoms with van der Waals surface area (Å²) in [7, 11) is 1.91. The number of rotatable bonds is 7. The Morgan fingerprint density at radius 1 is 1.43 bits per heavy atom. The first kappa shape index (κ1) is 22.2. The van der Waals surface area contributed by atoms with Crippen molar-refractivity contribution in [3.8, 4) is 5.75 Å². The van der Waals surface area contributed by atoms with Crippen LogP contribution in [0.2, 0.25) is 5.15 Å². The van der Waals surface area contributed by atoms with E-state index in [9.17, 15) is 13.6 Å². The van der Waals surface area contributed by atoms with Gasteiger partial charge >= 0.3 is 0 Å². The first-order valence-electron chi connectivity index (χ1n) is 9.77. The molecule has 2 heterocycles. The quantitative estimate of drug-likeness (QED) is 0.658. The Bertz CT molecular complexity index is 939. The molecule has 1 aliphatic rings. The summed E-state index contributed by atoms with van der Waals surface area (Å²) in [4.78, 5) is 18.2. The van der Waals surface area contributed by atoms with Crippen molar-refractivity contribution in [1.29, 1.82) is 0 Å². The standard InChI is InChI=1S/C22H24ClF2N3O2/c1-14(26-2)4-3-5-15-10-20(21(23)27-12-15)30-17-8-9-28(13-17)22(29)18-7-6-16(24)11-19(18)25/h3,5-7,10-12,14,17,26H,4,8-9,13H2,1-2H3/b5-3+/t14-,17+/m0/s1. The molecule has 0 radical (unpaired) electrons. The molecule has 2 atom stereocenters. The van der Waals surface area contributed by atoms with Crippen molar-refractivity contribution in [2.24, 2.45) is 0 Å². The van der Waals surface area contributed by atoms with E-state index in [0.717, 1.165) is 24.1 Å². The smallest absolute Gasteiger partial charge is 0.256 e. The molecule has 1 amide bonds. The van der Waals surface area contributed by atoms with Gasteiger partial charge in [0.25, 0.3) is 5.91 Å². The van der Waals surface area contributed by atoms with Crippen LogP contribution in [0.1, 0.15) is 35.7 Å². The van der Waals surface area contributed by atoms with Crippen molar-refractivity contribution in [2.45, 2.75) is 31.9 Å². The van der Waals surface area contributed by atoms with E-state index in [-0.39, 0.29) is 23.4 Å². The molecule has 2 aromatic rings. The fourth-order valence-electron chi connectivity index (χ4n) is 3.16. The summed E-state index contributed by atoms with van der Waals surface area (Å²) in [6.07, 6.45) is 6.81. The van der Waals surface area contributed by atoms with Gasteiger partial charge in [-0.3, -0.25) is 4.79 Å². The monoisotopic (exact) mass is 435 g/mol. The van der Waals surface area contributed by atoms with Gasteiger partial charge in [-0.2, -0.15) is 0 Å². The molecule has 160 valence electrons. The lowest BCUT2D eigenvalue weighted by Gasteiger charge is -2.18. The predicted octanol–water partition coefficient (Wildman–Crippen LogP) is 4.32. The van der Waals surface area contributed by atoms with Crippen LogP contribution >= 0.6 is 11.6 Å². The minimum Gasteiger partial charge on any atom is -0.485 e. The van der Waals surface area contributed by atoms with Gasteiger partial charge < -0.3 is 15.0 Å². The van der Waals surface area contributed by atoms with Gasteiger partial charge in [0.05, 0.1) is 12.1 Å². The molecule has 0 bridgehead atoms. The Morgan fingerprint density at radius 3 is 2.97 bits per heavy atom. The molecule has 0 aliphatic carbocycles. The number of carbonyl (C=O) groups is 1. The van der Waals surface area contributed by atoms with Crippen LogP contribution in [0.5, 0.6) is 5.75 Å². The number of ether oxygens (including phenoxy) is 1. The molecule has 0 spiro atoms. The normalized spacial score (nSPS) is 17.5. The zero-order valence-corrected chi connectivity index (χ0v) is 17.6. The summed E-state index contributed by atoms with van der Waals surface area (Å²) < 4.78 is 33.0. The van der Waals surface area contributed by atoms with E-state index in [4.69, 9.17) is 16.3 Å². The van der Waals surface area contributed by atoms with Crippen molar-refractivity contribution < 1.29 is 18.3 Å². The van der Waals surface area contributed by atoms with Crippen LogP contribution in [0.3, 0.4) is 0 Å². The summed E-state index contributed by atoms with van der Waals surface area (Å²) in [5, 5.41) is 3.41. The maximum absolute atomic E-state index is 13.9. The molecular weight excluding hydrogens is 412 g/mol. The predicted molar refractivity (Wildman–Crippen MR) is 113 cm³/mol. The molecule has 0 saturated carbocycles. The van der Waals surface area contributed by atoms with Crippen molar-refractivity contribution >= 4 is 23.6 Å². The number of likely N-dealkylation sites (tertiary alicyclic amines) is 1. The van der Waals surface area contributed by atoms with E-state index in [1.807, 2.05) is 19.2 Å². The fraction of sp³-hybridized carbons (Fsp3) is 0.364. The summed E-state index contributed by atoms with van der Waals surface area (Å²) >= 11 is 6.18. The highest BCUT2D eigenvalue weighted by molar-refractivity contribution is 6.30. The van der Waals surface area contributed by atoms with Crippen LogP contribution in [-0.2, 0) is 0 Å². The third-order valence-electron chi connectivity index (χ3n) is 5.01. The second kappa shape index (κ2) is 10.00. The molecule has 5 nitrogen and oxygen atoms in total. The minimum atomic E-state index is -0.872. The van der Waals surface area contributed by atoms with Gasteiger partial charge in [-0.05, 0) is 44.2 Å². The fourth-order valence-corrected chi connectivity index (χ4v) is 3.31. The van der Waals surface area contributed by atoms with Crippen LogP contribution in [0.25, 0.3) is 6.08 Å². The van der Waals surface area contributed by atoms with Crippen molar-refractivity contribution in [3.63, 3.8) is 0 Å². The van der Waals surface area contributed by atoms with Crippen LogP contribution in [0.4, 0.5) is 8.78 Å². The second-order valence-electron chi connectivity index (χ2n) is 7.29. The molecule has 1 saturated heterocycles. The van der Waals surface area contributed by atoms with Gasteiger partial charge in [-0.1, -0.05) is 23.8 Å². The molecule has 1 N–H and O–H groups in total. The first-order chi connectivity index (χ1) is 14.4. The number of amides is 1. The average Bonchev–Trinajstić information content (AvgIpc) is 3.18. The maximum atomic E-state index is 13.9. The zero-order valence-electron chi connectivity index (χ0n) is 16.9. The minimum absolute atomic E-state index is 0.153. The van der Waals surface area contributed by atoms with Gasteiger partial charge in [-0.15, -0.1) is 0 Å². The summed E-state index contributed by atoms with van der Waals surface area (Å²) in [6, 6.07) is 5.11. The number of carbonyl (C=O) groups excluding carboxylic acids is 1. The first-order valence-corrected chi connectivity index (χ1v) is 10.2. The van der Waals surface area contributed by atoms with Crippen LogP contribution in [-0.4, -0.2) is 48.1 Å². The molecule has 1 fully saturated rings. The molecule has 30 heavy (non-hydrogen) atoms. The SMILES string of the molecule is CN[C@@H](C)C/C=C/c1cnc(Cl)c(O[C@@H]2CCN(C(=O)c3ccc(F)cc3F)C2)c1. The third-order valence-corrected chi connectivity index (χ3v) is 5.29. The number of benzene rings is 1. The molecule has 0 unspecified atom stereocenters. The Morgan fingerprint density at radius 2 is 2.23 bits per heavy atom. The van der Waals surface area contributed by atoms with Gasteiger partial charge in [0, 0.05) is 31.3 Å². The number of pyridine rings is 1. The highest BCUT2D eigenvalue weighted by Gasteiger charge is 2.30. The zero-order chi connectivity index (χ0) is 21.7. The van der Waals surface area contributed by atoms with Crippen LogP contribution < -0.4 is 10.1 Å². The third kappa shape index (κ3) is 5.55. The van der Waals surface area contributed by atoms with E-state index in [1.54, 1.807) is 12.3 Å². The van der Waals surface area contributed by atoms with Crippen molar-refractivity contribution in [1.82, 2.24) is 15.2 Å². The topological polar surface area (TPSA) is 54.5 Å². The van der Waals surface area contributed by atoms with E-state index < -0.39 is 17.5 Å². The van der Waals surface area contributed by atoms with Crippen molar-refractivity contribution in [3.05, 3.63) is 64.5 Å². The average molecular weight is 436 g/mol. The van der Waals surface area contributed by atoms with E-state index in [2.05, 4.69) is 17.2 Å². The van der Waals surface area contributed by atoms with Gasteiger partial charge in [-0.25, -0.2) is 13.8 Å². The Hall–Kier alpha value is -2.51. The molecule has 8 heteroatoms. The molecule has 3 rings (SSSR count). The number of nitrogens with one attached hydrogen (secondary N) is 1. The van der Waals surface area contributed by atoms with E-state index in [1.165, 1.54) is 4.90 Å². The number of nitrogens with zero attached hydrogens (tertiary/aromatic N) is 2. The Balaban J connectivity index is 1.63. The second-order valence-corrected chi connectivity index (χ2v) is 7.65. The highest BCUT2D eigenvalue weighted by atomic mass is 35.5. The van der Waals surface area contributed by atoms with Crippen LogP contribution in [0.15, 0.2) is 36.5 Å². The maximum Gasteiger partial charge on any atom is 0.256 e. The highest BCUT2D eigenvalue weighted by Crippen LogP contribution is 2.27. The summed E-state index contributed by atoms with van der Waals surface area (Å²) in [5.74, 6) is -1.64. The van der Waals surface area contributed by atoms with Crippen LogP contribution in [0, 0.1) is 11.6 Å². The number of aromatic nitrogens is 1. The lowest BCUT2D eigenvalue weighted by atomic mass is 10.2. The molecular formula is C22H24ClF2N3O2. The lowest BCUT2D eigenvalue weighted by Crippen LogP contribution is -2.31. The number of halogens is 3. The van der Waals surface area contributed by atoms with Gasteiger partial charge in [0.2, 0.25) is 0 Å². The lowest BCUT2D eigenvalue weighted by molar-refractivity contribution is 0.0767. The molecule has 1 aliphatic heterocycles. The van der Waals surface area contributed by atoms with Crippen molar-refractivity contribution in [2.75, 3.05) is 20.1 Å².